The lowest BCUT2D eigenvalue weighted by Gasteiger charge is -2.22. The van der Waals surface area contributed by atoms with Crippen molar-refractivity contribution in [1.29, 1.82) is 0 Å². The van der Waals surface area contributed by atoms with Gasteiger partial charge >= 0.3 is 12.1 Å². The number of carboxylic acids is 1. The molecule has 0 bridgehead atoms. The Hall–Kier alpha value is -3.43. The first-order chi connectivity index (χ1) is 16.9. The monoisotopic (exact) mass is 483 g/mol. The molecule has 0 saturated heterocycles. The SMILES string of the molecule is CN(C)CCN(CC(=O)O)C(=O)CCOCCNC(=O)OCC1c2ccccc2-c2ccccc21. The van der Waals surface area contributed by atoms with E-state index < -0.39 is 12.1 Å². The highest BCUT2D eigenvalue weighted by Gasteiger charge is 2.28. The third-order valence-corrected chi connectivity index (χ3v) is 5.82. The number of rotatable bonds is 13. The van der Waals surface area contributed by atoms with Crippen LogP contribution in [0.4, 0.5) is 4.79 Å². The Balaban J connectivity index is 1.35. The number of amides is 2. The second kappa shape index (κ2) is 12.9. The van der Waals surface area contributed by atoms with Crippen LogP contribution in [0.5, 0.6) is 0 Å². The summed E-state index contributed by atoms with van der Waals surface area (Å²) in [6, 6.07) is 16.3. The number of carboxylic acid groups (broad SMARTS) is 1. The molecule has 0 radical (unpaired) electrons. The molecular formula is C26H33N3O6. The summed E-state index contributed by atoms with van der Waals surface area (Å²) in [4.78, 5) is 38.7. The maximum absolute atomic E-state index is 12.3. The number of carbonyl (C=O) groups excluding carboxylic acids is 2. The van der Waals surface area contributed by atoms with Crippen LogP contribution in [0, 0.1) is 0 Å². The van der Waals surface area contributed by atoms with Gasteiger partial charge in [0.25, 0.3) is 0 Å². The number of fused-ring (bicyclic) bond motifs is 3. The van der Waals surface area contributed by atoms with Gasteiger partial charge in [-0.25, -0.2) is 4.79 Å². The Morgan fingerprint density at radius 1 is 0.943 bits per heavy atom. The van der Waals surface area contributed by atoms with Crippen LogP contribution in [0.25, 0.3) is 11.1 Å². The highest BCUT2D eigenvalue weighted by molar-refractivity contribution is 5.81. The third kappa shape index (κ3) is 7.53. The summed E-state index contributed by atoms with van der Waals surface area (Å²) < 4.78 is 10.9. The minimum absolute atomic E-state index is 0.00310. The third-order valence-electron chi connectivity index (χ3n) is 5.82. The summed E-state index contributed by atoms with van der Waals surface area (Å²) in [5.74, 6) is -1.33. The number of ether oxygens (including phenoxy) is 2. The Kier molecular flexibility index (Phi) is 9.63. The lowest BCUT2D eigenvalue weighted by molar-refractivity contribution is -0.145. The summed E-state index contributed by atoms with van der Waals surface area (Å²) >= 11 is 0. The predicted octanol–water partition coefficient (Wildman–Crippen LogP) is 2.41. The first-order valence-electron chi connectivity index (χ1n) is 11.7. The van der Waals surface area contributed by atoms with Gasteiger partial charge in [0.2, 0.25) is 5.91 Å². The van der Waals surface area contributed by atoms with E-state index in [1.807, 2.05) is 43.3 Å². The second-order valence-corrected chi connectivity index (χ2v) is 8.63. The largest absolute Gasteiger partial charge is 0.480 e. The van der Waals surface area contributed by atoms with Crippen LogP contribution in [-0.4, -0.2) is 93.0 Å². The zero-order valence-electron chi connectivity index (χ0n) is 20.2. The summed E-state index contributed by atoms with van der Waals surface area (Å²) in [6.07, 6.45) is -0.450. The summed E-state index contributed by atoms with van der Waals surface area (Å²) in [7, 11) is 3.71. The van der Waals surface area contributed by atoms with Gasteiger partial charge in [0.15, 0.2) is 0 Å². The van der Waals surface area contributed by atoms with Crippen LogP contribution in [-0.2, 0) is 19.1 Å². The topological polar surface area (TPSA) is 108 Å². The predicted molar refractivity (Wildman–Crippen MR) is 131 cm³/mol. The molecule has 0 atom stereocenters. The molecule has 0 fully saturated rings. The van der Waals surface area contributed by atoms with Gasteiger partial charge in [-0.3, -0.25) is 9.59 Å². The molecule has 9 nitrogen and oxygen atoms in total. The van der Waals surface area contributed by atoms with Crippen molar-refractivity contribution in [1.82, 2.24) is 15.1 Å². The van der Waals surface area contributed by atoms with Gasteiger partial charge in [-0.1, -0.05) is 48.5 Å². The Bertz CT molecular complexity index is 980. The molecule has 1 aliphatic carbocycles. The molecule has 0 heterocycles. The van der Waals surface area contributed by atoms with E-state index in [9.17, 15) is 14.4 Å². The first-order valence-corrected chi connectivity index (χ1v) is 11.7. The quantitative estimate of drug-likeness (QED) is 0.421. The second-order valence-electron chi connectivity index (χ2n) is 8.63. The van der Waals surface area contributed by atoms with E-state index in [1.54, 1.807) is 0 Å². The Labute approximate surface area is 205 Å². The fourth-order valence-corrected chi connectivity index (χ4v) is 4.07. The van der Waals surface area contributed by atoms with Crippen LogP contribution in [0.2, 0.25) is 0 Å². The smallest absolute Gasteiger partial charge is 0.407 e. The first kappa shape index (κ1) is 26.2. The minimum Gasteiger partial charge on any atom is -0.480 e. The van der Waals surface area contributed by atoms with Crippen LogP contribution in [0.3, 0.4) is 0 Å². The highest BCUT2D eigenvalue weighted by Crippen LogP contribution is 2.44. The average molecular weight is 484 g/mol. The minimum atomic E-state index is -1.05. The van der Waals surface area contributed by atoms with Crippen molar-refractivity contribution in [2.45, 2.75) is 12.3 Å². The van der Waals surface area contributed by atoms with Crippen LogP contribution in [0.1, 0.15) is 23.5 Å². The van der Waals surface area contributed by atoms with E-state index in [0.29, 0.717) is 13.1 Å². The van der Waals surface area contributed by atoms with Gasteiger partial charge in [0, 0.05) is 25.6 Å². The van der Waals surface area contributed by atoms with Crippen LogP contribution < -0.4 is 5.32 Å². The van der Waals surface area contributed by atoms with E-state index in [0.717, 1.165) is 11.1 Å². The average Bonchev–Trinajstić information content (AvgIpc) is 3.15. The molecule has 2 N–H and O–H groups in total. The van der Waals surface area contributed by atoms with Crippen molar-refractivity contribution in [2.24, 2.45) is 0 Å². The molecule has 0 saturated carbocycles. The van der Waals surface area contributed by atoms with E-state index in [4.69, 9.17) is 14.6 Å². The van der Waals surface area contributed by atoms with Crippen molar-refractivity contribution in [3.63, 3.8) is 0 Å². The molecule has 0 unspecified atom stereocenters. The number of nitrogens with zero attached hydrogens (tertiary/aromatic N) is 2. The molecule has 0 aromatic heterocycles. The molecule has 35 heavy (non-hydrogen) atoms. The van der Waals surface area contributed by atoms with Crippen molar-refractivity contribution in [3.8, 4) is 11.1 Å². The molecule has 188 valence electrons. The number of nitrogens with one attached hydrogen (secondary N) is 1. The van der Waals surface area contributed by atoms with Gasteiger partial charge in [-0.05, 0) is 36.3 Å². The molecule has 2 aromatic carbocycles. The summed E-state index contributed by atoms with van der Waals surface area (Å²) in [5, 5.41) is 11.7. The number of carbonyl (C=O) groups is 3. The zero-order valence-corrected chi connectivity index (χ0v) is 20.2. The number of alkyl carbamates (subject to hydrolysis) is 1. The fraction of sp³-hybridized carbons (Fsp3) is 0.423. The van der Waals surface area contributed by atoms with Gasteiger partial charge in [0.05, 0.1) is 19.6 Å². The lowest BCUT2D eigenvalue weighted by atomic mass is 9.98. The van der Waals surface area contributed by atoms with E-state index in [2.05, 4.69) is 29.6 Å². The summed E-state index contributed by atoms with van der Waals surface area (Å²) in [5.41, 5.74) is 4.64. The molecule has 9 heteroatoms. The molecule has 3 rings (SSSR count). The standard InChI is InChI=1S/C26H33N3O6/c1-28(2)13-14-29(17-25(31)32)24(30)11-15-34-16-12-27-26(33)35-18-23-21-9-5-3-7-19(21)20-8-4-6-10-22(20)23/h3-10,23H,11-18H2,1-2H3,(H,27,33)(H,31,32). The normalized spacial score (nSPS) is 12.2. The molecular weight excluding hydrogens is 450 g/mol. The highest BCUT2D eigenvalue weighted by atomic mass is 16.5. The van der Waals surface area contributed by atoms with Gasteiger partial charge in [0.1, 0.15) is 13.2 Å². The number of likely N-dealkylation sites (N-methyl/N-ethyl adjacent to an activating group) is 1. The van der Waals surface area contributed by atoms with E-state index >= 15 is 0 Å². The maximum Gasteiger partial charge on any atom is 0.407 e. The molecule has 1 aliphatic rings. The van der Waals surface area contributed by atoms with Crippen molar-refractivity contribution in [3.05, 3.63) is 59.7 Å². The molecule has 2 aromatic rings. The van der Waals surface area contributed by atoms with Gasteiger partial charge in [-0.2, -0.15) is 0 Å². The zero-order chi connectivity index (χ0) is 25.2. The van der Waals surface area contributed by atoms with E-state index in [1.165, 1.54) is 16.0 Å². The molecule has 2 amide bonds. The number of aliphatic carboxylic acids is 1. The number of benzene rings is 2. The Morgan fingerprint density at radius 2 is 1.57 bits per heavy atom. The van der Waals surface area contributed by atoms with Crippen LogP contribution >= 0.6 is 0 Å². The van der Waals surface area contributed by atoms with E-state index in [-0.39, 0.29) is 51.2 Å². The van der Waals surface area contributed by atoms with Gasteiger partial charge in [-0.15, -0.1) is 0 Å². The fourth-order valence-electron chi connectivity index (χ4n) is 4.07. The maximum atomic E-state index is 12.3. The van der Waals surface area contributed by atoms with Crippen molar-refractivity contribution in [2.75, 3.05) is 60.1 Å². The van der Waals surface area contributed by atoms with Crippen LogP contribution in [0.15, 0.2) is 48.5 Å². The Morgan fingerprint density at radius 3 is 2.17 bits per heavy atom. The molecule has 0 spiro atoms. The van der Waals surface area contributed by atoms with Gasteiger partial charge < -0.3 is 29.7 Å². The lowest BCUT2D eigenvalue weighted by Crippen LogP contribution is -2.40. The molecule has 0 aliphatic heterocycles. The van der Waals surface area contributed by atoms with Crippen molar-refractivity contribution < 1.29 is 29.0 Å². The van der Waals surface area contributed by atoms with Crippen molar-refractivity contribution >= 4 is 18.0 Å². The number of hydrogen-bond acceptors (Lipinski definition) is 6. The summed E-state index contributed by atoms with van der Waals surface area (Å²) in [6.45, 7) is 1.41. The number of hydrogen-bond donors (Lipinski definition) is 2.